The number of aldehydes is 2. The number of carbonyl (C=O) groups is 2. The first kappa shape index (κ1) is 18.8. The van der Waals surface area contributed by atoms with Gasteiger partial charge in [0.2, 0.25) is 0 Å². The average molecular weight is 458 g/mol. The maximum atomic E-state index is 14.6. The second kappa shape index (κ2) is 7.14. The van der Waals surface area contributed by atoms with Crippen molar-refractivity contribution in [1.29, 1.82) is 0 Å². The highest BCUT2D eigenvalue weighted by atomic mass is 79.9. The van der Waals surface area contributed by atoms with E-state index in [4.69, 9.17) is 11.6 Å². The SMILES string of the molecule is O=CC1NN=C(C[C@@H]2CCN(C3(C=O)CC3)C2)N1c1cc(Cl)c(Br)cc1F. The monoisotopic (exact) mass is 456 g/mol. The van der Waals surface area contributed by atoms with Gasteiger partial charge in [0, 0.05) is 17.4 Å². The molecule has 1 N–H and O–H groups in total. The van der Waals surface area contributed by atoms with Crippen LogP contribution in [0.4, 0.5) is 10.1 Å². The predicted octanol–water partition coefficient (Wildman–Crippen LogP) is 2.93. The lowest BCUT2D eigenvalue weighted by Crippen LogP contribution is -2.43. The van der Waals surface area contributed by atoms with Crippen molar-refractivity contribution in [1.82, 2.24) is 10.3 Å². The molecule has 1 aromatic rings. The van der Waals surface area contributed by atoms with Gasteiger partial charge in [-0.25, -0.2) is 4.39 Å². The molecule has 1 aliphatic carbocycles. The summed E-state index contributed by atoms with van der Waals surface area (Å²) in [5.41, 5.74) is 2.71. The lowest BCUT2D eigenvalue weighted by Gasteiger charge is -2.26. The minimum absolute atomic E-state index is 0.213. The molecule has 0 spiro atoms. The van der Waals surface area contributed by atoms with Crippen LogP contribution in [0.1, 0.15) is 25.7 Å². The summed E-state index contributed by atoms with van der Waals surface area (Å²) < 4.78 is 15.0. The second-order valence-corrected chi connectivity index (χ2v) is 8.61. The van der Waals surface area contributed by atoms with Gasteiger partial charge >= 0.3 is 0 Å². The molecular weight excluding hydrogens is 439 g/mol. The Bertz CT molecular complexity index is 817. The van der Waals surface area contributed by atoms with E-state index in [0.29, 0.717) is 34.0 Å². The Balaban J connectivity index is 1.53. The van der Waals surface area contributed by atoms with Crippen LogP contribution in [0.25, 0.3) is 0 Å². The fourth-order valence-electron chi connectivity index (χ4n) is 3.93. The van der Waals surface area contributed by atoms with E-state index in [2.05, 4.69) is 31.4 Å². The number of nitrogens with one attached hydrogen (secondary N) is 1. The summed E-state index contributed by atoms with van der Waals surface area (Å²) in [7, 11) is 0. The number of carbonyl (C=O) groups excluding carboxylic acids is 2. The Morgan fingerprint density at radius 2 is 2.19 bits per heavy atom. The number of amidine groups is 1. The molecule has 1 saturated carbocycles. The third kappa shape index (κ3) is 3.39. The largest absolute Gasteiger partial charge is 0.301 e. The number of halogens is 3. The number of anilines is 1. The molecule has 2 heterocycles. The number of hydrogen-bond donors (Lipinski definition) is 1. The van der Waals surface area contributed by atoms with Crippen molar-refractivity contribution in [2.45, 2.75) is 37.4 Å². The molecule has 1 saturated heterocycles. The Morgan fingerprint density at radius 1 is 1.41 bits per heavy atom. The second-order valence-electron chi connectivity index (χ2n) is 7.35. The van der Waals surface area contributed by atoms with Crippen molar-refractivity contribution in [2.75, 3.05) is 18.0 Å². The molecule has 0 amide bonds. The number of hydrogen-bond acceptors (Lipinski definition) is 6. The summed E-state index contributed by atoms with van der Waals surface area (Å²) in [6.07, 6.45) is 4.37. The summed E-state index contributed by atoms with van der Waals surface area (Å²) in [4.78, 5) is 26.6. The minimum Gasteiger partial charge on any atom is -0.301 e. The lowest BCUT2D eigenvalue weighted by atomic mass is 10.0. The maximum Gasteiger partial charge on any atom is 0.177 e. The molecule has 2 fully saturated rings. The maximum absolute atomic E-state index is 14.6. The quantitative estimate of drug-likeness (QED) is 0.526. The molecule has 6 nitrogen and oxygen atoms in total. The molecule has 3 aliphatic rings. The van der Waals surface area contributed by atoms with Crippen LogP contribution in [0.15, 0.2) is 21.7 Å². The number of benzene rings is 1. The molecule has 2 aliphatic heterocycles. The first-order valence-electron chi connectivity index (χ1n) is 8.90. The van der Waals surface area contributed by atoms with E-state index in [1.165, 1.54) is 12.1 Å². The van der Waals surface area contributed by atoms with Crippen molar-refractivity contribution in [2.24, 2.45) is 11.0 Å². The predicted molar refractivity (Wildman–Crippen MR) is 104 cm³/mol. The molecular formula is C18H19BrClFN4O2. The van der Waals surface area contributed by atoms with Crippen molar-refractivity contribution >= 4 is 51.6 Å². The van der Waals surface area contributed by atoms with Gasteiger partial charge in [-0.15, -0.1) is 0 Å². The van der Waals surface area contributed by atoms with E-state index < -0.39 is 12.0 Å². The first-order valence-corrected chi connectivity index (χ1v) is 10.1. The van der Waals surface area contributed by atoms with Crippen molar-refractivity contribution in [3.05, 3.63) is 27.4 Å². The lowest BCUT2D eigenvalue weighted by molar-refractivity contribution is -0.113. The molecule has 1 unspecified atom stereocenters. The van der Waals surface area contributed by atoms with Crippen LogP contribution in [0.3, 0.4) is 0 Å². The zero-order chi connectivity index (χ0) is 19.2. The Morgan fingerprint density at radius 3 is 2.85 bits per heavy atom. The number of rotatable bonds is 6. The zero-order valence-electron chi connectivity index (χ0n) is 14.5. The van der Waals surface area contributed by atoms with Gasteiger partial charge in [-0.05, 0) is 59.8 Å². The van der Waals surface area contributed by atoms with Crippen molar-refractivity contribution in [3.8, 4) is 0 Å². The molecule has 4 rings (SSSR count). The van der Waals surface area contributed by atoms with E-state index in [1.54, 1.807) is 4.90 Å². The molecule has 2 atom stereocenters. The van der Waals surface area contributed by atoms with Gasteiger partial charge in [-0.1, -0.05) is 11.6 Å². The highest BCUT2D eigenvalue weighted by Crippen LogP contribution is 2.43. The van der Waals surface area contributed by atoms with Crippen LogP contribution in [-0.4, -0.2) is 48.1 Å². The van der Waals surface area contributed by atoms with Crippen LogP contribution in [-0.2, 0) is 9.59 Å². The van der Waals surface area contributed by atoms with E-state index >= 15 is 0 Å². The first-order chi connectivity index (χ1) is 13.0. The number of hydrazone groups is 1. The van der Waals surface area contributed by atoms with Gasteiger partial charge in [0.05, 0.1) is 16.2 Å². The van der Waals surface area contributed by atoms with Gasteiger partial charge < -0.3 is 4.79 Å². The highest BCUT2D eigenvalue weighted by molar-refractivity contribution is 9.10. The van der Waals surface area contributed by atoms with Gasteiger partial charge in [-0.2, -0.15) is 5.10 Å². The smallest absolute Gasteiger partial charge is 0.177 e. The normalized spacial score (nSPS) is 26.6. The Hall–Kier alpha value is -1.51. The molecule has 144 valence electrons. The summed E-state index contributed by atoms with van der Waals surface area (Å²) in [5.74, 6) is 0.414. The number of likely N-dealkylation sites (tertiary alicyclic amines) is 1. The van der Waals surface area contributed by atoms with E-state index in [0.717, 1.165) is 38.6 Å². The summed E-state index contributed by atoms with van der Waals surface area (Å²) in [6, 6.07) is 2.78. The zero-order valence-corrected chi connectivity index (χ0v) is 16.8. The molecule has 9 heteroatoms. The van der Waals surface area contributed by atoms with Gasteiger partial charge in [-0.3, -0.25) is 20.0 Å². The van der Waals surface area contributed by atoms with Crippen LogP contribution < -0.4 is 10.3 Å². The van der Waals surface area contributed by atoms with Gasteiger partial charge in [0.1, 0.15) is 17.9 Å². The summed E-state index contributed by atoms with van der Waals surface area (Å²) in [5, 5.41) is 4.63. The minimum atomic E-state index is -0.769. The third-order valence-corrected chi connectivity index (χ3v) is 6.83. The highest BCUT2D eigenvalue weighted by Gasteiger charge is 2.50. The summed E-state index contributed by atoms with van der Waals surface area (Å²) >= 11 is 9.34. The Labute approximate surface area is 169 Å². The molecule has 1 aromatic carbocycles. The van der Waals surface area contributed by atoms with E-state index in [-0.39, 0.29) is 11.2 Å². The van der Waals surface area contributed by atoms with Gasteiger partial charge in [0.25, 0.3) is 0 Å². The van der Waals surface area contributed by atoms with Crippen LogP contribution >= 0.6 is 27.5 Å². The number of nitrogens with zero attached hydrogens (tertiary/aromatic N) is 3. The fraction of sp³-hybridized carbons (Fsp3) is 0.500. The van der Waals surface area contributed by atoms with Crippen molar-refractivity contribution < 1.29 is 14.0 Å². The van der Waals surface area contributed by atoms with E-state index in [1.807, 2.05) is 0 Å². The third-order valence-electron chi connectivity index (χ3n) is 5.63. The molecule has 0 radical (unpaired) electrons. The summed E-state index contributed by atoms with van der Waals surface area (Å²) in [6.45, 7) is 1.68. The van der Waals surface area contributed by atoms with Crippen LogP contribution in [0.5, 0.6) is 0 Å². The van der Waals surface area contributed by atoms with Crippen LogP contribution in [0, 0.1) is 11.7 Å². The van der Waals surface area contributed by atoms with Crippen LogP contribution in [0.2, 0.25) is 5.02 Å². The van der Waals surface area contributed by atoms with E-state index in [9.17, 15) is 14.0 Å². The van der Waals surface area contributed by atoms with Gasteiger partial charge in [0.15, 0.2) is 12.5 Å². The standard InChI is InChI=1S/C18H19BrClFN4O2/c19-12-6-14(21)15(7-13(12)20)25-16(22-23-17(25)9-26)5-11-1-4-24(8-11)18(10-27)2-3-18/h6-7,9-11,17,23H,1-5,8H2/t11-,17?/m0/s1. The molecule has 27 heavy (non-hydrogen) atoms. The van der Waals surface area contributed by atoms with Crippen molar-refractivity contribution in [3.63, 3.8) is 0 Å². The topological polar surface area (TPSA) is 65.0 Å². The fourth-order valence-corrected chi connectivity index (χ4v) is 4.41. The Kier molecular flexibility index (Phi) is 4.98. The average Bonchev–Trinajstić information content (AvgIpc) is 3.14. The molecule has 0 bridgehead atoms. The molecule has 0 aromatic heterocycles.